The third-order valence-electron chi connectivity index (χ3n) is 10.3. The number of sulfonamides is 1. The highest BCUT2D eigenvalue weighted by atomic mass is 32.2. The molecule has 14 nitrogen and oxygen atoms in total. The largest absolute Gasteiger partial charge is 0.494 e. The number of alkyl halides is 1. The standard InChI is InChI=1S/C34H41F2N5O9S/c1-18-6-4-5-7-20-15-34(20,31(44)40-51(47,48)33(36)10-11-33)39-28(42)25-14-22(17-41(25)30(43)27(19(2)12-18)38-32(45)46)50-29-24-13-21(35)8-9-23(24)26(49-3)16-37-29/h5,7-9,13,16,18-20,22,25,27,38H,4,6,10-12,14-15,17H2,1-3H3,(H,39,42)(H,40,44)(H,45,46)/t18-,19+,20+,22+,25-,27-,34+/m0/s1. The summed E-state index contributed by atoms with van der Waals surface area (Å²) in [4.78, 5) is 59.5. The fourth-order valence-corrected chi connectivity index (χ4v) is 8.45. The molecule has 6 rings (SSSR count). The summed E-state index contributed by atoms with van der Waals surface area (Å²) in [6, 6.07) is 1.40. The van der Waals surface area contributed by atoms with Crippen LogP contribution in [-0.4, -0.2) is 89.6 Å². The number of fused-ring (bicyclic) bond motifs is 3. The number of aromatic nitrogens is 1. The number of nitrogens with zero attached hydrogens (tertiary/aromatic N) is 2. The molecule has 0 bridgehead atoms. The summed E-state index contributed by atoms with van der Waals surface area (Å²) < 4.78 is 67.8. The third-order valence-corrected chi connectivity index (χ3v) is 12.1. The molecule has 51 heavy (non-hydrogen) atoms. The Morgan fingerprint density at radius 1 is 1.16 bits per heavy atom. The number of allylic oxidation sites excluding steroid dienone is 1. The summed E-state index contributed by atoms with van der Waals surface area (Å²) in [6.45, 7) is 3.51. The summed E-state index contributed by atoms with van der Waals surface area (Å²) in [7, 11) is -3.26. The lowest BCUT2D eigenvalue weighted by atomic mass is 9.88. The molecule has 7 atom stereocenters. The van der Waals surface area contributed by atoms with E-state index in [2.05, 4.69) is 15.6 Å². The van der Waals surface area contributed by atoms with Gasteiger partial charge in [-0.1, -0.05) is 26.0 Å². The molecule has 4 aliphatic rings. The number of hydrogen-bond donors (Lipinski definition) is 4. The Balaban J connectivity index is 1.35. The second-order valence-corrected chi connectivity index (χ2v) is 16.1. The Morgan fingerprint density at radius 2 is 1.90 bits per heavy atom. The number of pyridine rings is 1. The smallest absolute Gasteiger partial charge is 0.405 e. The second kappa shape index (κ2) is 13.5. The highest BCUT2D eigenvalue weighted by molar-refractivity contribution is 7.91. The van der Waals surface area contributed by atoms with Crippen LogP contribution < -0.4 is 24.8 Å². The lowest BCUT2D eigenvalue weighted by Crippen LogP contribution is -2.59. The Kier molecular flexibility index (Phi) is 9.63. The Bertz CT molecular complexity index is 1890. The summed E-state index contributed by atoms with van der Waals surface area (Å²) in [5.74, 6) is -3.86. The van der Waals surface area contributed by atoms with E-state index in [-0.39, 0.29) is 49.4 Å². The van der Waals surface area contributed by atoms with E-state index in [1.54, 1.807) is 13.0 Å². The number of benzene rings is 1. The van der Waals surface area contributed by atoms with E-state index in [4.69, 9.17) is 9.47 Å². The van der Waals surface area contributed by atoms with Crippen LogP contribution in [0.1, 0.15) is 58.8 Å². The Labute approximate surface area is 293 Å². The van der Waals surface area contributed by atoms with Gasteiger partial charge in [-0.05, 0) is 55.7 Å². The average molecular weight is 734 g/mol. The predicted molar refractivity (Wildman–Crippen MR) is 178 cm³/mol. The molecule has 1 aromatic heterocycles. The van der Waals surface area contributed by atoms with Crippen LogP contribution in [0.25, 0.3) is 10.8 Å². The first kappa shape index (κ1) is 36.3. The molecule has 0 spiro atoms. The molecule has 2 aliphatic heterocycles. The number of methoxy groups -OCH3 is 1. The lowest BCUT2D eigenvalue weighted by Gasteiger charge is -2.32. The monoisotopic (exact) mass is 733 g/mol. The van der Waals surface area contributed by atoms with E-state index in [0.29, 0.717) is 30.4 Å². The molecule has 1 aromatic carbocycles. The zero-order valence-corrected chi connectivity index (χ0v) is 29.2. The highest BCUT2D eigenvalue weighted by Crippen LogP contribution is 2.48. The van der Waals surface area contributed by atoms with Crippen LogP contribution in [0.5, 0.6) is 11.6 Å². The van der Waals surface area contributed by atoms with Gasteiger partial charge in [0, 0.05) is 30.6 Å². The zero-order chi connectivity index (χ0) is 36.9. The topological polar surface area (TPSA) is 193 Å². The normalized spacial score (nSPS) is 30.6. The van der Waals surface area contributed by atoms with Crippen molar-refractivity contribution in [3.8, 4) is 11.6 Å². The predicted octanol–water partition coefficient (Wildman–Crippen LogP) is 3.16. The summed E-state index contributed by atoms with van der Waals surface area (Å²) >= 11 is 0. The van der Waals surface area contributed by atoms with E-state index in [0.717, 1.165) is 0 Å². The van der Waals surface area contributed by atoms with Crippen molar-refractivity contribution in [1.82, 2.24) is 25.2 Å². The summed E-state index contributed by atoms with van der Waals surface area (Å²) in [5, 5.41) is 12.9. The summed E-state index contributed by atoms with van der Waals surface area (Å²) in [6.07, 6.45) is 3.68. The molecule has 276 valence electrons. The molecule has 4 amide bonds. The van der Waals surface area contributed by atoms with E-state index >= 15 is 0 Å². The number of carbonyl (C=O) groups excluding carboxylic acids is 3. The Hall–Kier alpha value is -4.54. The molecule has 1 saturated heterocycles. The Morgan fingerprint density at radius 3 is 2.59 bits per heavy atom. The molecule has 2 saturated carbocycles. The van der Waals surface area contributed by atoms with Gasteiger partial charge in [0.1, 0.15) is 35.3 Å². The van der Waals surface area contributed by atoms with Gasteiger partial charge in [0.2, 0.25) is 22.7 Å². The van der Waals surface area contributed by atoms with Crippen molar-refractivity contribution in [3.63, 3.8) is 0 Å². The lowest BCUT2D eigenvalue weighted by molar-refractivity contribution is -0.142. The van der Waals surface area contributed by atoms with Crippen LogP contribution in [0.2, 0.25) is 0 Å². The minimum absolute atomic E-state index is 0.00183. The van der Waals surface area contributed by atoms with E-state index in [9.17, 15) is 41.5 Å². The van der Waals surface area contributed by atoms with Crippen LogP contribution in [0.4, 0.5) is 13.6 Å². The molecule has 0 radical (unpaired) electrons. The van der Waals surface area contributed by atoms with Gasteiger partial charge >= 0.3 is 6.09 Å². The molecular formula is C34H41F2N5O9S. The molecular weight excluding hydrogens is 692 g/mol. The molecule has 4 N–H and O–H groups in total. The first-order valence-electron chi connectivity index (χ1n) is 16.9. The minimum atomic E-state index is -4.69. The van der Waals surface area contributed by atoms with Crippen molar-refractivity contribution in [1.29, 1.82) is 0 Å². The van der Waals surface area contributed by atoms with Gasteiger partial charge in [-0.15, -0.1) is 0 Å². The van der Waals surface area contributed by atoms with Gasteiger partial charge in [0.25, 0.3) is 15.9 Å². The minimum Gasteiger partial charge on any atom is -0.494 e. The number of carboxylic acid groups (broad SMARTS) is 1. The van der Waals surface area contributed by atoms with Gasteiger partial charge < -0.3 is 30.1 Å². The van der Waals surface area contributed by atoms with Crippen LogP contribution in [-0.2, 0) is 24.4 Å². The van der Waals surface area contributed by atoms with Crippen molar-refractivity contribution in [3.05, 3.63) is 42.4 Å². The highest BCUT2D eigenvalue weighted by Gasteiger charge is 2.64. The van der Waals surface area contributed by atoms with Crippen molar-refractivity contribution >= 4 is 44.6 Å². The first-order chi connectivity index (χ1) is 24.1. The van der Waals surface area contributed by atoms with Gasteiger partial charge in [0.15, 0.2) is 0 Å². The molecule has 2 aliphatic carbocycles. The van der Waals surface area contributed by atoms with Crippen LogP contribution in [0, 0.1) is 23.6 Å². The molecule has 3 heterocycles. The third kappa shape index (κ3) is 7.17. The van der Waals surface area contributed by atoms with E-state index in [1.165, 1.54) is 36.4 Å². The van der Waals surface area contributed by atoms with Gasteiger partial charge in [-0.3, -0.25) is 14.4 Å². The van der Waals surface area contributed by atoms with Gasteiger partial charge in [0.05, 0.1) is 25.2 Å². The first-order valence-corrected chi connectivity index (χ1v) is 18.4. The molecule has 2 aromatic rings. The van der Waals surface area contributed by atoms with E-state index < -0.39 is 80.2 Å². The maximum atomic E-state index is 14.7. The number of rotatable bonds is 7. The second-order valence-electron chi connectivity index (χ2n) is 14.1. The fourth-order valence-electron chi connectivity index (χ4n) is 7.20. The summed E-state index contributed by atoms with van der Waals surface area (Å²) in [5.41, 5.74) is -1.75. The van der Waals surface area contributed by atoms with Crippen LogP contribution in [0.3, 0.4) is 0 Å². The quantitative estimate of drug-likeness (QED) is 0.307. The SMILES string of the molecule is COc1cnc(O[C@@H]2C[C@H]3C(=O)N[C@]4(C(=O)NS(=O)(=O)C5(F)CC5)C[C@H]4C=CCC[C@H](C)C[C@@H](C)[C@H](NC(=O)O)C(=O)N3C2)c2cc(F)ccc12. The average Bonchev–Trinajstić information content (AvgIpc) is 3.95. The van der Waals surface area contributed by atoms with Crippen molar-refractivity contribution in [2.75, 3.05) is 13.7 Å². The van der Waals surface area contributed by atoms with Gasteiger partial charge in [-0.25, -0.2) is 31.7 Å². The number of nitrogens with one attached hydrogen (secondary N) is 3. The number of ether oxygens (including phenoxy) is 2. The van der Waals surface area contributed by atoms with Crippen LogP contribution >= 0.6 is 0 Å². The maximum absolute atomic E-state index is 14.7. The number of halogens is 2. The fraction of sp³-hybridized carbons (Fsp3) is 0.559. The number of amides is 4. The van der Waals surface area contributed by atoms with Crippen molar-refractivity contribution in [2.24, 2.45) is 17.8 Å². The van der Waals surface area contributed by atoms with Gasteiger partial charge in [-0.2, -0.15) is 0 Å². The van der Waals surface area contributed by atoms with Crippen LogP contribution in [0.15, 0.2) is 36.5 Å². The maximum Gasteiger partial charge on any atom is 0.405 e. The molecule has 0 unspecified atom stereocenters. The van der Waals surface area contributed by atoms with E-state index in [1.807, 2.05) is 17.7 Å². The molecule has 17 heteroatoms. The zero-order valence-electron chi connectivity index (χ0n) is 28.4. The van der Waals surface area contributed by atoms with Crippen molar-refractivity contribution in [2.45, 2.75) is 87.5 Å². The van der Waals surface area contributed by atoms with Crippen molar-refractivity contribution < 1.29 is 51.0 Å². The number of carbonyl (C=O) groups is 4. The molecule has 3 fully saturated rings. The number of hydrogen-bond acceptors (Lipinski definition) is 9.